The van der Waals surface area contributed by atoms with E-state index in [1.165, 1.54) is 0 Å². The summed E-state index contributed by atoms with van der Waals surface area (Å²) < 4.78 is 0.767. The number of aromatic hydroxyl groups is 1. The number of rotatable bonds is 5. The third-order valence-electron chi connectivity index (χ3n) is 3.61. The summed E-state index contributed by atoms with van der Waals surface area (Å²) in [7, 11) is 0. The highest BCUT2D eigenvalue weighted by Crippen LogP contribution is 2.36. The fourth-order valence-electron chi connectivity index (χ4n) is 2.61. The molecule has 19 heavy (non-hydrogen) atoms. The number of benzene rings is 1. The molecule has 1 aromatic rings. The van der Waals surface area contributed by atoms with Gasteiger partial charge in [-0.15, -0.1) is 6.58 Å². The zero-order chi connectivity index (χ0) is 13.7. The van der Waals surface area contributed by atoms with Gasteiger partial charge in [-0.25, -0.2) is 0 Å². The van der Waals surface area contributed by atoms with E-state index in [4.69, 9.17) is 0 Å². The molecule has 4 heteroatoms. The zero-order valence-corrected chi connectivity index (χ0v) is 12.7. The van der Waals surface area contributed by atoms with E-state index in [9.17, 15) is 5.11 Å². The van der Waals surface area contributed by atoms with Crippen LogP contribution in [0, 0.1) is 0 Å². The van der Waals surface area contributed by atoms with Crippen molar-refractivity contribution in [2.45, 2.75) is 18.9 Å². The maximum atomic E-state index is 10.3. The Morgan fingerprint density at radius 2 is 2.16 bits per heavy atom. The first-order chi connectivity index (χ1) is 9.24. The second-order valence-corrected chi connectivity index (χ2v) is 5.70. The number of phenols is 1. The van der Waals surface area contributed by atoms with Crippen LogP contribution in [0.3, 0.4) is 0 Å². The first-order valence-electron chi connectivity index (χ1n) is 6.77. The van der Waals surface area contributed by atoms with Gasteiger partial charge < -0.3 is 10.4 Å². The van der Waals surface area contributed by atoms with Crippen LogP contribution in [0.15, 0.2) is 35.3 Å². The quantitative estimate of drug-likeness (QED) is 0.817. The van der Waals surface area contributed by atoms with Crippen LogP contribution in [0.4, 0.5) is 0 Å². The van der Waals surface area contributed by atoms with Gasteiger partial charge in [0.1, 0.15) is 5.75 Å². The minimum atomic E-state index is 0.262. The van der Waals surface area contributed by atoms with Crippen LogP contribution < -0.4 is 5.32 Å². The number of piperazine rings is 1. The molecule has 0 amide bonds. The van der Waals surface area contributed by atoms with Gasteiger partial charge in [0.25, 0.3) is 0 Å². The number of hydrogen-bond acceptors (Lipinski definition) is 3. The van der Waals surface area contributed by atoms with Crippen LogP contribution in [-0.4, -0.2) is 36.2 Å². The van der Waals surface area contributed by atoms with E-state index >= 15 is 0 Å². The van der Waals surface area contributed by atoms with Gasteiger partial charge in [0, 0.05) is 37.8 Å². The predicted molar refractivity (Wildman–Crippen MR) is 82.4 cm³/mol. The van der Waals surface area contributed by atoms with Crippen LogP contribution >= 0.6 is 15.9 Å². The van der Waals surface area contributed by atoms with Gasteiger partial charge in [0.15, 0.2) is 0 Å². The second-order valence-electron chi connectivity index (χ2n) is 4.85. The number of nitrogens with one attached hydrogen (secondary N) is 1. The first kappa shape index (κ1) is 14.6. The van der Waals surface area contributed by atoms with E-state index < -0.39 is 0 Å². The fourth-order valence-corrected chi connectivity index (χ4v) is 2.99. The molecule has 0 unspecified atom stereocenters. The van der Waals surface area contributed by atoms with E-state index in [-0.39, 0.29) is 6.04 Å². The summed E-state index contributed by atoms with van der Waals surface area (Å²) >= 11 is 3.41. The third kappa shape index (κ3) is 3.59. The molecule has 1 aliphatic heterocycles. The van der Waals surface area contributed by atoms with Crippen LogP contribution in [0.2, 0.25) is 0 Å². The molecule has 1 saturated heterocycles. The maximum absolute atomic E-state index is 10.3. The third-order valence-corrected chi connectivity index (χ3v) is 4.25. The van der Waals surface area contributed by atoms with E-state index in [0.717, 1.165) is 49.1 Å². The van der Waals surface area contributed by atoms with Gasteiger partial charge in [-0.2, -0.15) is 0 Å². The normalized spacial score (nSPS) is 18.2. The number of hydrogen-bond donors (Lipinski definition) is 2. The summed E-state index contributed by atoms with van der Waals surface area (Å²) in [6, 6.07) is 6.15. The monoisotopic (exact) mass is 324 g/mol. The van der Waals surface area contributed by atoms with E-state index in [2.05, 4.69) is 32.7 Å². The predicted octanol–water partition coefficient (Wildman–Crippen LogP) is 3.07. The number of para-hydroxylation sites is 1. The van der Waals surface area contributed by atoms with E-state index in [1.807, 2.05) is 24.3 Å². The van der Waals surface area contributed by atoms with E-state index in [1.54, 1.807) is 0 Å². The lowest BCUT2D eigenvalue weighted by molar-refractivity contribution is 0.163. The lowest BCUT2D eigenvalue weighted by Gasteiger charge is -2.35. The van der Waals surface area contributed by atoms with Crippen molar-refractivity contribution in [1.29, 1.82) is 0 Å². The summed E-state index contributed by atoms with van der Waals surface area (Å²) in [5.41, 5.74) is 1.01. The lowest BCUT2D eigenvalue weighted by Crippen LogP contribution is -2.45. The lowest BCUT2D eigenvalue weighted by atomic mass is 9.98. The van der Waals surface area contributed by atoms with Crippen molar-refractivity contribution >= 4 is 15.9 Å². The highest BCUT2D eigenvalue weighted by Gasteiger charge is 2.24. The van der Waals surface area contributed by atoms with Gasteiger partial charge in [-0.1, -0.05) is 18.2 Å². The van der Waals surface area contributed by atoms with Crippen molar-refractivity contribution in [3.8, 4) is 5.75 Å². The molecule has 1 aliphatic rings. The summed E-state index contributed by atoms with van der Waals surface area (Å²) in [6.07, 6.45) is 3.90. The number of phenolic OH excluding ortho intramolecular Hbond substituents is 1. The Kier molecular flexibility index (Phi) is 5.43. The summed E-state index contributed by atoms with van der Waals surface area (Å²) in [5, 5.41) is 13.7. The molecule has 104 valence electrons. The largest absolute Gasteiger partial charge is 0.506 e. The van der Waals surface area contributed by atoms with Crippen molar-refractivity contribution in [3.63, 3.8) is 0 Å². The minimum Gasteiger partial charge on any atom is -0.506 e. The molecular formula is C15H21BrN2O. The molecule has 1 fully saturated rings. The van der Waals surface area contributed by atoms with Crippen LogP contribution in [0.25, 0.3) is 0 Å². The average Bonchev–Trinajstić information content (AvgIpc) is 2.45. The summed E-state index contributed by atoms with van der Waals surface area (Å²) in [6.45, 7) is 7.88. The van der Waals surface area contributed by atoms with Gasteiger partial charge in [-0.3, -0.25) is 4.90 Å². The molecule has 2 rings (SSSR count). The van der Waals surface area contributed by atoms with Crippen molar-refractivity contribution in [2.75, 3.05) is 26.2 Å². The molecule has 0 bridgehead atoms. The Bertz CT molecular complexity index is 430. The molecule has 0 saturated carbocycles. The number of nitrogens with zero attached hydrogens (tertiary/aromatic N) is 1. The van der Waals surface area contributed by atoms with Gasteiger partial charge >= 0.3 is 0 Å². The maximum Gasteiger partial charge on any atom is 0.134 e. The van der Waals surface area contributed by atoms with Crippen molar-refractivity contribution < 1.29 is 5.11 Å². The molecule has 0 aliphatic carbocycles. The molecule has 0 spiro atoms. The SMILES string of the molecule is C=CCC[C@@H](c1cccc(Br)c1O)N1CCNCC1. The van der Waals surface area contributed by atoms with Crippen molar-refractivity contribution in [1.82, 2.24) is 10.2 Å². The highest BCUT2D eigenvalue weighted by atomic mass is 79.9. The van der Waals surface area contributed by atoms with Gasteiger partial charge in [0.05, 0.1) is 4.47 Å². The molecule has 1 heterocycles. The fraction of sp³-hybridized carbons (Fsp3) is 0.467. The van der Waals surface area contributed by atoms with Crippen LogP contribution in [0.5, 0.6) is 5.75 Å². The van der Waals surface area contributed by atoms with E-state index in [0.29, 0.717) is 5.75 Å². The molecule has 1 atom stereocenters. The molecule has 0 radical (unpaired) electrons. The van der Waals surface area contributed by atoms with Crippen LogP contribution in [0.1, 0.15) is 24.4 Å². The minimum absolute atomic E-state index is 0.262. The summed E-state index contributed by atoms with van der Waals surface area (Å²) in [4.78, 5) is 2.45. The Morgan fingerprint density at radius 3 is 2.84 bits per heavy atom. The zero-order valence-electron chi connectivity index (χ0n) is 11.1. The first-order valence-corrected chi connectivity index (χ1v) is 7.56. The molecule has 2 N–H and O–H groups in total. The average molecular weight is 325 g/mol. The number of allylic oxidation sites excluding steroid dienone is 1. The van der Waals surface area contributed by atoms with Crippen molar-refractivity contribution in [2.24, 2.45) is 0 Å². The van der Waals surface area contributed by atoms with Crippen LogP contribution in [-0.2, 0) is 0 Å². The highest BCUT2D eigenvalue weighted by molar-refractivity contribution is 9.10. The Balaban J connectivity index is 2.24. The Labute approximate surface area is 123 Å². The Morgan fingerprint density at radius 1 is 1.42 bits per heavy atom. The topological polar surface area (TPSA) is 35.5 Å². The Hall–Kier alpha value is -0.840. The smallest absolute Gasteiger partial charge is 0.134 e. The molecular weight excluding hydrogens is 304 g/mol. The van der Waals surface area contributed by atoms with Gasteiger partial charge in [0.2, 0.25) is 0 Å². The van der Waals surface area contributed by atoms with Gasteiger partial charge in [-0.05, 0) is 34.8 Å². The standard InChI is InChI=1S/C15H21BrN2O/c1-2-3-7-14(18-10-8-17-9-11-18)12-5-4-6-13(16)15(12)19/h2,4-6,14,17,19H,1,3,7-11H2/t14-/m0/s1. The summed E-state index contributed by atoms with van der Waals surface area (Å²) in [5.74, 6) is 0.370. The molecule has 3 nitrogen and oxygen atoms in total. The number of halogens is 1. The molecule has 1 aromatic carbocycles. The second kappa shape index (κ2) is 7.08. The van der Waals surface area contributed by atoms with Crippen molar-refractivity contribution in [3.05, 3.63) is 40.9 Å². The molecule has 0 aromatic heterocycles.